The van der Waals surface area contributed by atoms with Gasteiger partial charge in [-0.3, -0.25) is 9.59 Å². The van der Waals surface area contributed by atoms with Crippen molar-refractivity contribution in [1.82, 2.24) is 9.80 Å². The summed E-state index contributed by atoms with van der Waals surface area (Å²) in [6.45, 7) is 10.3. The fourth-order valence-corrected chi connectivity index (χ4v) is 3.40. The molecule has 2 aliphatic rings. The van der Waals surface area contributed by atoms with Crippen LogP contribution in [0.4, 0.5) is 0 Å². The van der Waals surface area contributed by atoms with Crippen LogP contribution < -0.4 is 0 Å². The molecule has 1 atom stereocenters. The third-order valence-corrected chi connectivity index (χ3v) is 4.55. The normalized spacial score (nSPS) is 28.0. The minimum absolute atomic E-state index is 0.0212. The predicted octanol–water partition coefficient (Wildman–Crippen LogP) is 1.89. The Balaban J connectivity index is 2.13. The maximum atomic E-state index is 12.6. The van der Waals surface area contributed by atoms with E-state index in [0.717, 1.165) is 32.4 Å². The van der Waals surface area contributed by atoms with Crippen molar-refractivity contribution in [3.05, 3.63) is 0 Å². The van der Waals surface area contributed by atoms with E-state index < -0.39 is 0 Å². The van der Waals surface area contributed by atoms with Crippen LogP contribution in [0.2, 0.25) is 0 Å². The largest absolute Gasteiger partial charge is 0.341 e. The van der Waals surface area contributed by atoms with Crippen LogP contribution in [0.3, 0.4) is 0 Å². The second-order valence-electron chi connectivity index (χ2n) is 6.64. The van der Waals surface area contributed by atoms with Crippen LogP contribution in [0.25, 0.3) is 0 Å². The average molecular weight is 266 g/mol. The third-order valence-electron chi connectivity index (χ3n) is 4.55. The van der Waals surface area contributed by atoms with Crippen molar-refractivity contribution in [2.45, 2.75) is 53.0 Å². The van der Waals surface area contributed by atoms with E-state index in [1.807, 2.05) is 23.6 Å². The molecule has 0 aromatic rings. The third kappa shape index (κ3) is 2.49. The van der Waals surface area contributed by atoms with Gasteiger partial charge in [-0.1, -0.05) is 13.8 Å². The predicted molar refractivity (Wildman–Crippen MR) is 74.6 cm³/mol. The number of hydrogen-bond acceptors (Lipinski definition) is 2. The summed E-state index contributed by atoms with van der Waals surface area (Å²) >= 11 is 0. The van der Waals surface area contributed by atoms with Gasteiger partial charge < -0.3 is 9.80 Å². The lowest BCUT2D eigenvalue weighted by Crippen LogP contribution is -2.51. The summed E-state index contributed by atoms with van der Waals surface area (Å²) in [6, 6.07) is 0.267. The van der Waals surface area contributed by atoms with Gasteiger partial charge in [-0.15, -0.1) is 0 Å². The highest BCUT2D eigenvalue weighted by Crippen LogP contribution is 2.41. The molecule has 4 heteroatoms. The van der Waals surface area contributed by atoms with E-state index in [0.29, 0.717) is 6.54 Å². The van der Waals surface area contributed by atoms with Gasteiger partial charge in [0, 0.05) is 31.6 Å². The van der Waals surface area contributed by atoms with E-state index in [1.54, 1.807) is 0 Å². The van der Waals surface area contributed by atoms with Crippen LogP contribution in [0.1, 0.15) is 47.0 Å². The molecule has 4 nitrogen and oxygen atoms in total. The van der Waals surface area contributed by atoms with Gasteiger partial charge in [-0.05, 0) is 33.1 Å². The zero-order valence-electron chi connectivity index (χ0n) is 12.6. The first-order valence-electron chi connectivity index (χ1n) is 7.47. The molecule has 0 aromatic heterocycles. The molecule has 0 N–H and O–H groups in total. The standard InChI is InChI=1S/C15H26N2O2/c1-11(2)13(18)16-8-5-6-15(10-16)7-9-17(12(3)4)14(15)19/h11-12H,5-10H2,1-4H3. The van der Waals surface area contributed by atoms with Crippen LogP contribution in [-0.4, -0.2) is 47.3 Å². The first-order chi connectivity index (χ1) is 8.87. The highest BCUT2D eigenvalue weighted by atomic mass is 16.2. The number of carbonyl (C=O) groups is 2. The summed E-state index contributed by atoms with van der Waals surface area (Å²) in [7, 11) is 0. The van der Waals surface area contributed by atoms with Gasteiger partial charge in [0.15, 0.2) is 0 Å². The molecule has 1 spiro atoms. The maximum absolute atomic E-state index is 12.6. The molecule has 2 rings (SSSR count). The van der Waals surface area contributed by atoms with Crippen LogP contribution in [0.15, 0.2) is 0 Å². The van der Waals surface area contributed by atoms with E-state index in [2.05, 4.69) is 13.8 Å². The monoisotopic (exact) mass is 266 g/mol. The Bertz CT molecular complexity index is 378. The topological polar surface area (TPSA) is 40.6 Å². The summed E-state index contributed by atoms with van der Waals surface area (Å²) < 4.78 is 0. The van der Waals surface area contributed by atoms with Gasteiger partial charge in [-0.2, -0.15) is 0 Å². The molecule has 2 saturated heterocycles. The fraction of sp³-hybridized carbons (Fsp3) is 0.867. The quantitative estimate of drug-likeness (QED) is 0.766. The van der Waals surface area contributed by atoms with Crippen LogP contribution in [0, 0.1) is 11.3 Å². The van der Waals surface area contributed by atoms with Gasteiger partial charge >= 0.3 is 0 Å². The summed E-state index contributed by atoms with van der Waals surface area (Å²) in [4.78, 5) is 28.7. The van der Waals surface area contributed by atoms with Crippen molar-refractivity contribution in [1.29, 1.82) is 0 Å². The molecule has 2 heterocycles. The number of piperidine rings is 1. The SMILES string of the molecule is CC(C)C(=O)N1CCCC2(CCN(C(C)C)C2=O)C1. The molecule has 0 bridgehead atoms. The van der Waals surface area contributed by atoms with Crippen LogP contribution >= 0.6 is 0 Å². The van der Waals surface area contributed by atoms with E-state index in [4.69, 9.17) is 0 Å². The maximum Gasteiger partial charge on any atom is 0.230 e. The Morgan fingerprint density at radius 1 is 1.16 bits per heavy atom. The Labute approximate surface area is 116 Å². The number of nitrogens with zero attached hydrogens (tertiary/aromatic N) is 2. The molecule has 2 fully saturated rings. The van der Waals surface area contributed by atoms with Crippen molar-refractivity contribution in [2.24, 2.45) is 11.3 Å². The van der Waals surface area contributed by atoms with Crippen molar-refractivity contribution >= 4 is 11.8 Å². The molecule has 19 heavy (non-hydrogen) atoms. The van der Waals surface area contributed by atoms with E-state index in [1.165, 1.54) is 0 Å². The summed E-state index contributed by atoms with van der Waals surface area (Å²) in [5.41, 5.74) is -0.285. The average Bonchev–Trinajstić information content (AvgIpc) is 2.66. The van der Waals surface area contributed by atoms with E-state index in [-0.39, 0.29) is 29.2 Å². The molecule has 2 aliphatic heterocycles. The summed E-state index contributed by atoms with van der Waals surface area (Å²) in [5, 5.41) is 0. The summed E-state index contributed by atoms with van der Waals surface area (Å²) in [6.07, 6.45) is 2.80. The number of amides is 2. The first kappa shape index (κ1) is 14.4. The second-order valence-corrected chi connectivity index (χ2v) is 6.64. The number of rotatable bonds is 2. The van der Waals surface area contributed by atoms with Gasteiger partial charge in [-0.25, -0.2) is 0 Å². The summed E-state index contributed by atoms with van der Waals surface area (Å²) in [5.74, 6) is 0.478. The molecule has 1 unspecified atom stereocenters. The Morgan fingerprint density at radius 2 is 1.84 bits per heavy atom. The van der Waals surface area contributed by atoms with Crippen LogP contribution in [-0.2, 0) is 9.59 Å². The smallest absolute Gasteiger partial charge is 0.230 e. The zero-order valence-corrected chi connectivity index (χ0v) is 12.6. The van der Waals surface area contributed by atoms with Gasteiger partial charge in [0.25, 0.3) is 0 Å². The minimum atomic E-state index is -0.285. The number of likely N-dealkylation sites (tertiary alicyclic amines) is 2. The molecule has 0 saturated carbocycles. The van der Waals surface area contributed by atoms with Crippen molar-refractivity contribution in [2.75, 3.05) is 19.6 Å². The van der Waals surface area contributed by atoms with Crippen molar-refractivity contribution < 1.29 is 9.59 Å². The second kappa shape index (κ2) is 5.14. The van der Waals surface area contributed by atoms with Gasteiger partial charge in [0.1, 0.15) is 0 Å². The van der Waals surface area contributed by atoms with Crippen molar-refractivity contribution in [3.63, 3.8) is 0 Å². The Morgan fingerprint density at radius 3 is 2.37 bits per heavy atom. The molecular weight excluding hydrogens is 240 g/mol. The Kier molecular flexibility index (Phi) is 3.88. The minimum Gasteiger partial charge on any atom is -0.341 e. The molecular formula is C15H26N2O2. The van der Waals surface area contributed by atoms with Gasteiger partial charge in [0.2, 0.25) is 11.8 Å². The van der Waals surface area contributed by atoms with E-state index >= 15 is 0 Å². The van der Waals surface area contributed by atoms with E-state index in [9.17, 15) is 9.59 Å². The number of hydrogen-bond donors (Lipinski definition) is 0. The highest BCUT2D eigenvalue weighted by Gasteiger charge is 2.50. The molecule has 0 aromatic carbocycles. The lowest BCUT2D eigenvalue weighted by Gasteiger charge is -2.40. The molecule has 108 valence electrons. The van der Waals surface area contributed by atoms with Crippen LogP contribution in [0.5, 0.6) is 0 Å². The fourth-order valence-electron chi connectivity index (χ4n) is 3.40. The zero-order chi connectivity index (χ0) is 14.2. The molecule has 0 radical (unpaired) electrons. The lowest BCUT2D eigenvalue weighted by molar-refractivity contribution is -0.145. The molecule has 0 aliphatic carbocycles. The highest BCUT2D eigenvalue weighted by molar-refractivity contribution is 5.87. The van der Waals surface area contributed by atoms with Gasteiger partial charge in [0.05, 0.1) is 5.41 Å². The first-order valence-corrected chi connectivity index (χ1v) is 7.47. The molecule has 2 amide bonds. The van der Waals surface area contributed by atoms with Crippen molar-refractivity contribution in [3.8, 4) is 0 Å². The number of carbonyl (C=O) groups excluding carboxylic acids is 2. The lowest BCUT2D eigenvalue weighted by atomic mass is 9.78. The Hall–Kier alpha value is -1.06.